The van der Waals surface area contributed by atoms with Gasteiger partial charge >= 0.3 is 0 Å². The van der Waals surface area contributed by atoms with Crippen molar-refractivity contribution in [2.45, 2.75) is 78.1 Å². The van der Waals surface area contributed by atoms with E-state index in [2.05, 4.69) is 26.0 Å². The van der Waals surface area contributed by atoms with Gasteiger partial charge in [-0.2, -0.15) is 0 Å². The Hall–Kier alpha value is -1.26. The average molecular weight is 379 g/mol. The number of aliphatic hydroxyl groups excluding tert-OH is 2. The first-order valence-corrected chi connectivity index (χ1v) is 10.6. The summed E-state index contributed by atoms with van der Waals surface area (Å²) in [5.74, 6) is 0.333. The lowest BCUT2D eigenvalue weighted by atomic mass is 9.81. The van der Waals surface area contributed by atoms with Crippen LogP contribution in [0.15, 0.2) is 24.3 Å². The molecule has 4 nitrogen and oxygen atoms in total. The van der Waals surface area contributed by atoms with Gasteiger partial charge in [0.05, 0.1) is 0 Å². The molecule has 1 unspecified atom stereocenters. The summed E-state index contributed by atoms with van der Waals surface area (Å²) in [6.07, 6.45) is 17.2. The molecule has 0 aromatic rings. The van der Waals surface area contributed by atoms with Gasteiger partial charge in [0.15, 0.2) is 11.6 Å². The highest BCUT2D eigenvalue weighted by Crippen LogP contribution is 2.31. The molecule has 0 amide bonds. The average Bonchev–Trinajstić information content (AvgIpc) is 3.02. The first-order chi connectivity index (χ1) is 13.0. The summed E-state index contributed by atoms with van der Waals surface area (Å²) in [6, 6.07) is 0. The van der Waals surface area contributed by atoms with E-state index in [1.807, 2.05) is 6.08 Å². The minimum absolute atomic E-state index is 0.0383. The maximum absolute atomic E-state index is 12.2. The number of rotatable bonds is 15. The normalized spacial score (nSPS) is 21.9. The van der Waals surface area contributed by atoms with Crippen LogP contribution in [0, 0.1) is 17.3 Å². The van der Waals surface area contributed by atoms with Crippen LogP contribution >= 0.6 is 0 Å². The number of unbranched alkanes of at least 4 members (excludes halogenated alkanes) is 4. The van der Waals surface area contributed by atoms with Crippen molar-refractivity contribution in [3.05, 3.63) is 24.3 Å². The Morgan fingerprint density at radius 1 is 1.19 bits per heavy atom. The van der Waals surface area contributed by atoms with Gasteiger partial charge in [-0.05, 0) is 37.2 Å². The summed E-state index contributed by atoms with van der Waals surface area (Å²) < 4.78 is 0. The molecule has 0 fully saturated rings. The molecule has 0 aromatic carbocycles. The second-order valence-corrected chi connectivity index (χ2v) is 8.30. The van der Waals surface area contributed by atoms with E-state index in [0.717, 1.165) is 57.8 Å². The van der Waals surface area contributed by atoms with Crippen molar-refractivity contribution in [2.75, 3.05) is 13.2 Å². The second-order valence-electron chi connectivity index (χ2n) is 8.30. The van der Waals surface area contributed by atoms with Crippen LogP contribution in [0.5, 0.6) is 0 Å². The molecule has 0 radical (unpaired) electrons. The van der Waals surface area contributed by atoms with Crippen molar-refractivity contribution in [1.29, 1.82) is 0 Å². The fourth-order valence-corrected chi connectivity index (χ4v) is 3.66. The Morgan fingerprint density at radius 3 is 2.59 bits per heavy atom. The van der Waals surface area contributed by atoms with Crippen LogP contribution in [0.25, 0.3) is 0 Å². The number of Topliss-reactive ketones (excluding diaryl/α,β-unsaturated/α-hetero) is 1. The lowest BCUT2D eigenvalue weighted by Gasteiger charge is -2.26. The maximum atomic E-state index is 12.2. The monoisotopic (exact) mass is 378 g/mol. The molecular weight excluding hydrogens is 340 g/mol. The summed E-state index contributed by atoms with van der Waals surface area (Å²) in [6.45, 7) is 4.13. The molecule has 0 aromatic heterocycles. The van der Waals surface area contributed by atoms with Gasteiger partial charge in [0, 0.05) is 24.9 Å². The number of hydrogen-bond acceptors (Lipinski definition) is 4. The van der Waals surface area contributed by atoms with Crippen LogP contribution in [0.4, 0.5) is 0 Å². The lowest BCUT2D eigenvalue weighted by Crippen LogP contribution is -2.20. The Bertz CT molecular complexity index is 509. The van der Waals surface area contributed by atoms with Gasteiger partial charge in [0.2, 0.25) is 0 Å². The number of allylic oxidation sites excluding steroid dienone is 4. The van der Waals surface area contributed by atoms with Crippen molar-refractivity contribution >= 4 is 11.6 Å². The third-order valence-electron chi connectivity index (χ3n) is 5.69. The van der Waals surface area contributed by atoms with Crippen LogP contribution in [0.2, 0.25) is 0 Å². The Morgan fingerprint density at radius 2 is 1.93 bits per heavy atom. The summed E-state index contributed by atoms with van der Waals surface area (Å²) in [5.41, 5.74) is -0.0691. The van der Waals surface area contributed by atoms with Crippen molar-refractivity contribution in [3.63, 3.8) is 0 Å². The van der Waals surface area contributed by atoms with Crippen molar-refractivity contribution in [2.24, 2.45) is 17.3 Å². The Labute approximate surface area is 164 Å². The standard InChI is InChI=1S/C23H38O4/c1-3-4-15-23(2,18-25)16-9-10-19-13-14-22(27)21(19)12-8-6-5-7-11-20(26)17-24/h9-10,13-14,19,21,24-25H,3-8,11-12,15-18H2,1-2H3/t19-,21+,23?/m0/s1. The molecule has 0 saturated heterocycles. The second kappa shape index (κ2) is 13.0. The fourth-order valence-electron chi connectivity index (χ4n) is 3.66. The van der Waals surface area contributed by atoms with Gasteiger partial charge in [-0.3, -0.25) is 9.59 Å². The third kappa shape index (κ3) is 8.98. The highest BCUT2D eigenvalue weighted by molar-refractivity contribution is 5.94. The van der Waals surface area contributed by atoms with Crippen LogP contribution in [0.3, 0.4) is 0 Å². The largest absolute Gasteiger partial charge is 0.396 e. The quantitative estimate of drug-likeness (QED) is 0.327. The minimum Gasteiger partial charge on any atom is -0.396 e. The van der Waals surface area contributed by atoms with E-state index in [9.17, 15) is 14.7 Å². The van der Waals surface area contributed by atoms with Gasteiger partial charge in [0.1, 0.15) is 6.61 Å². The fraction of sp³-hybridized carbons (Fsp3) is 0.739. The summed E-state index contributed by atoms with van der Waals surface area (Å²) in [4.78, 5) is 23.2. The lowest BCUT2D eigenvalue weighted by molar-refractivity contribution is -0.121. The van der Waals surface area contributed by atoms with Crippen LogP contribution < -0.4 is 0 Å². The van der Waals surface area contributed by atoms with E-state index in [-0.39, 0.29) is 42.0 Å². The molecular formula is C23H38O4. The van der Waals surface area contributed by atoms with Crippen molar-refractivity contribution < 1.29 is 19.8 Å². The third-order valence-corrected chi connectivity index (χ3v) is 5.69. The Balaban J connectivity index is 2.38. The molecule has 27 heavy (non-hydrogen) atoms. The van der Waals surface area contributed by atoms with E-state index >= 15 is 0 Å². The summed E-state index contributed by atoms with van der Waals surface area (Å²) in [7, 11) is 0. The SMILES string of the molecule is CCCCC(C)(CO)CC=C[C@H]1C=CC(=O)[C@@H]1CCCCCCC(=O)CO. The number of aliphatic hydroxyl groups is 2. The minimum atomic E-state index is -0.357. The number of ketones is 2. The molecule has 0 saturated carbocycles. The van der Waals surface area contributed by atoms with Gasteiger partial charge in [0.25, 0.3) is 0 Å². The van der Waals surface area contributed by atoms with Crippen LogP contribution in [-0.4, -0.2) is 35.0 Å². The van der Waals surface area contributed by atoms with E-state index in [1.165, 1.54) is 0 Å². The topological polar surface area (TPSA) is 74.6 Å². The van der Waals surface area contributed by atoms with Crippen LogP contribution in [-0.2, 0) is 9.59 Å². The first kappa shape index (κ1) is 23.8. The molecule has 0 aliphatic heterocycles. The van der Waals surface area contributed by atoms with E-state index in [1.54, 1.807) is 6.08 Å². The smallest absolute Gasteiger partial charge is 0.159 e. The highest BCUT2D eigenvalue weighted by Gasteiger charge is 2.28. The molecule has 0 spiro atoms. The predicted molar refractivity (Wildman–Crippen MR) is 109 cm³/mol. The molecule has 2 N–H and O–H groups in total. The van der Waals surface area contributed by atoms with Crippen LogP contribution in [0.1, 0.15) is 78.1 Å². The van der Waals surface area contributed by atoms with E-state index in [0.29, 0.717) is 6.42 Å². The zero-order chi connectivity index (χ0) is 20.1. The van der Waals surface area contributed by atoms with Gasteiger partial charge in [-0.25, -0.2) is 0 Å². The summed E-state index contributed by atoms with van der Waals surface area (Å²) in [5, 5.41) is 18.4. The van der Waals surface area contributed by atoms with E-state index < -0.39 is 0 Å². The number of carbonyl (C=O) groups excluding carboxylic acids is 2. The number of carbonyl (C=O) groups is 2. The zero-order valence-electron chi connectivity index (χ0n) is 17.2. The van der Waals surface area contributed by atoms with Gasteiger partial charge in [-0.1, -0.05) is 64.2 Å². The van der Waals surface area contributed by atoms with E-state index in [4.69, 9.17) is 5.11 Å². The maximum Gasteiger partial charge on any atom is 0.159 e. The molecule has 1 rings (SSSR count). The molecule has 3 atom stereocenters. The highest BCUT2D eigenvalue weighted by atomic mass is 16.3. The van der Waals surface area contributed by atoms with Crippen molar-refractivity contribution in [3.8, 4) is 0 Å². The summed E-state index contributed by atoms with van der Waals surface area (Å²) >= 11 is 0. The predicted octanol–water partition coefficient (Wildman–Crippen LogP) is 4.39. The molecule has 0 bridgehead atoms. The Kier molecular flexibility index (Phi) is 11.5. The zero-order valence-corrected chi connectivity index (χ0v) is 17.2. The van der Waals surface area contributed by atoms with Crippen molar-refractivity contribution in [1.82, 2.24) is 0 Å². The molecule has 1 aliphatic rings. The molecule has 1 aliphatic carbocycles. The molecule has 4 heteroatoms. The molecule has 154 valence electrons. The van der Waals surface area contributed by atoms with Gasteiger partial charge < -0.3 is 10.2 Å². The number of hydrogen-bond donors (Lipinski definition) is 2. The van der Waals surface area contributed by atoms with Gasteiger partial charge in [-0.15, -0.1) is 0 Å². The first-order valence-electron chi connectivity index (χ1n) is 10.6. The molecule has 0 heterocycles.